The van der Waals surface area contributed by atoms with Gasteiger partial charge in [0.1, 0.15) is 0 Å². The smallest absolute Gasteiger partial charge is 0.308 e. The second-order valence-electron chi connectivity index (χ2n) is 5.32. The van der Waals surface area contributed by atoms with E-state index < -0.39 is 28.0 Å². The van der Waals surface area contributed by atoms with Gasteiger partial charge in [-0.05, 0) is 37.5 Å². The number of hydrogen-bond donors (Lipinski definition) is 2. The molecule has 2 N–H and O–H groups in total. The van der Waals surface area contributed by atoms with Crippen LogP contribution in [0.15, 0.2) is 23.1 Å². The zero-order valence-corrected chi connectivity index (χ0v) is 13.2. The minimum absolute atomic E-state index is 0.102. The summed E-state index contributed by atoms with van der Waals surface area (Å²) in [5.41, 5.74) is 0.467. The summed E-state index contributed by atoms with van der Waals surface area (Å²) in [6, 6.07) is 4.10. The third-order valence-electron chi connectivity index (χ3n) is 3.90. The predicted molar refractivity (Wildman–Crippen MR) is 79.9 cm³/mol. The van der Waals surface area contributed by atoms with Crippen LogP contribution in [0, 0.1) is 12.8 Å². The zero-order chi connectivity index (χ0) is 15.6. The molecule has 1 fully saturated rings. The van der Waals surface area contributed by atoms with Crippen molar-refractivity contribution < 1.29 is 18.3 Å². The average Bonchev–Trinajstić information content (AvgIpc) is 2.41. The molecular weight excluding hydrogens is 314 g/mol. The van der Waals surface area contributed by atoms with Crippen LogP contribution in [0.1, 0.15) is 31.2 Å². The third kappa shape index (κ3) is 3.56. The molecule has 116 valence electrons. The molecule has 1 aliphatic carbocycles. The molecule has 0 bridgehead atoms. The van der Waals surface area contributed by atoms with Crippen molar-refractivity contribution in [2.75, 3.05) is 0 Å². The van der Waals surface area contributed by atoms with E-state index in [0.29, 0.717) is 23.4 Å². The van der Waals surface area contributed by atoms with Crippen LogP contribution >= 0.6 is 11.6 Å². The molecule has 21 heavy (non-hydrogen) atoms. The Labute approximate surface area is 129 Å². The van der Waals surface area contributed by atoms with Gasteiger partial charge in [0.25, 0.3) is 0 Å². The summed E-state index contributed by atoms with van der Waals surface area (Å²) in [5, 5.41) is 9.59. The first kappa shape index (κ1) is 16.3. The Kier molecular flexibility index (Phi) is 4.91. The van der Waals surface area contributed by atoms with Gasteiger partial charge in [0.05, 0.1) is 10.8 Å². The van der Waals surface area contributed by atoms with Gasteiger partial charge in [0.15, 0.2) is 0 Å². The number of halogens is 1. The third-order valence-corrected chi connectivity index (χ3v) is 5.94. The highest BCUT2D eigenvalue weighted by atomic mass is 35.5. The minimum Gasteiger partial charge on any atom is -0.481 e. The van der Waals surface area contributed by atoms with Gasteiger partial charge in [-0.2, -0.15) is 0 Å². The molecule has 0 saturated heterocycles. The van der Waals surface area contributed by atoms with E-state index in [1.165, 1.54) is 6.07 Å². The molecule has 1 aliphatic rings. The van der Waals surface area contributed by atoms with E-state index in [1.54, 1.807) is 19.1 Å². The summed E-state index contributed by atoms with van der Waals surface area (Å²) in [7, 11) is -3.78. The number of carboxylic acid groups (broad SMARTS) is 1. The van der Waals surface area contributed by atoms with Gasteiger partial charge in [-0.1, -0.05) is 30.5 Å². The normalized spacial score (nSPS) is 23.0. The molecule has 1 saturated carbocycles. The van der Waals surface area contributed by atoms with Crippen molar-refractivity contribution in [1.29, 1.82) is 0 Å². The molecule has 1 aromatic rings. The summed E-state index contributed by atoms with van der Waals surface area (Å²) in [6.07, 6.45) is 2.67. The van der Waals surface area contributed by atoms with E-state index in [4.69, 9.17) is 11.6 Å². The number of sulfonamides is 1. The lowest BCUT2D eigenvalue weighted by Crippen LogP contribution is -2.45. The van der Waals surface area contributed by atoms with Crippen molar-refractivity contribution in [3.05, 3.63) is 28.8 Å². The first-order valence-corrected chi connectivity index (χ1v) is 8.69. The van der Waals surface area contributed by atoms with Gasteiger partial charge in [-0.3, -0.25) is 4.79 Å². The van der Waals surface area contributed by atoms with Crippen LogP contribution in [0.25, 0.3) is 0 Å². The fourth-order valence-corrected chi connectivity index (χ4v) is 4.52. The summed E-state index contributed by atoms with van der Waals surface area (Å²) in [5.74, 6) is -1.63. The van der Waals surface area contributed by atoms with Gasteiger partial charge in [0, 0.05) is 11.1 Å². The number of nitrogens with one attached hydrogen (secondary N) is 1. The van der Waals surface area contributed by atoms with Crippen LogP contribution in [-0.2, 0) is 14.8 Å². The van der Waals surface area contributed by atoms with Gasteiger partial charge in [-0.15, -0.1) is 0 Å². The molecule has 2 atom stereocenters. The largest absolute Gasteiger partial charge is 0.481 e. The first-order chi connectivity index (χ1) is 9.83. The van der Waals surface area contributed by atoms with E-state index in [2.05, 4.69) is 4.72 Å². The molecule has 5 nitrogen and oxygen atoms in total. The van der Waals surface area contributed by atoms with Crippen LogP contribution in [0.4, 0.5) is 0 Å². The van der Waals surface area contributed by atoms with E-state index in [9.17, 15) is 18.3 Å². The number of benzene rings is 1. The molecule has 1 aromatic carbocycles. The molecule has 0 heterocycles. The monoisotopic (exact) mass is 331 g/mol. The SMILES string of the molecule is Cc1c(Cl)cccc1S(=O)(=O)NC1CCCCC1C(=O)O. The first-order valence-electron chi connectivity index (χ1n) is 6.83. The Morgan fingerprint density at radius 3 is 2.67 bits per heavy atom. The average molecular weight is 332 g/mol. The lowest BCUT2D eigenvalue weighted by molar-refractivity contribution is -0.143. The fourth-order valence-electron chi connectivity index (χ4n) is 2.71. The van der Waals surface area contributed by atoms with E-state index in [0.717, 1.165) is 12.8 Å². The van der Waals surface area contributed by atoms with E-state index >= 15 is 0 Å². The molecular formula is C14H18ClNO4S. The molecule has 0 aliphatic heterocycles. The van der Waals surface area contributed by atoms with Crippen molar-refractivity contribution in [2.45, 2.75) is 43.5 Å². The highest BCUT2D eigenvalue weighted by Crippen LogP contribution is 2.28. The van der Waals surface area contributed by atoms with Crippen molar-refractivity contribution in [3.63, 3.8) is 0 Å². The molecule has 2 rings (SSSR count). The van der Waals surface area contributed by atoms with E-state index in [1.807, 2.05) is 0 Å². The molecule has 7 heteroatoms. The second-order valence-corrected chi connectivity index (χ2v) is 7.41. The number of aliphatic carboxylic acids is 1. The maximum atomic E-state index is 12.5. The lowest BCUT2D eigenvalue weighted by Gasteiger charge is -2.29. The Balaban J connectivity index is 2.28. The fraction of sp³-hybridized carbons (Fsp3) is 0.500. The van der Waals surface area contributed by atoms with Crippen molar-refractivity contribution >= 4 is 27.6 Å². The lowest BCUT2D eigenvalue weighted by atomic mass is 9.85. The van der Waals surface area contributed by atoms with Crippen molar-refractivity contribution in [2.24, 2.45) is 5.92 Å². The van der Waals surface area contributed by atoms with Crippen LogP contribution in [0.3, 0.4) is 0 Å². The molecule has 0 radical (unpaired) electrons. The number of rotatable bonds is 4. The second kappa shape index (κ2) is 6.34. The summed E-state index contributed by atoms with van der Waals surface area (Å²) < 4.78 is 27.5. The molecule has 0 amide bonds. The summed E-state index contributed by atoms with van der Waals surface area (Å²) in [4.78, 5) is 11.4. The number of carbonyl (C=O) groups is 1. The van der Waals surface area contributed by atoms with Gasteiger partial charge in [0.2, 0.25) is 10.0 Å². The van der Waals surface area contributed by atoms with E-state index in [-0.39, 0.29) is 4.90 Å². The summed E-state index contributed by atoms with van der Waals surface area (Å²) in [6.45, 7) is 1.63. The number of hydrogen-bond acceptors (Lipinski definition) is 3. The maximum Gasteiger partial charge on any atom is 0.308 e. The molecule has 0 aromatic heterocycles. The Hall–Kier alpha value is -1.11. The highest BCUT2D eigenvalue weighted by Gasteiger charge is 2.34. The Morgan fingerprint density at radius 2 is 2.00 bits per heavy atom. The van der Waals surface area contributed by atoms with Crippen LogP contribution in [0.5, 0.6) is 0 Å². The quantitative estimate of drug-likeness (QED) is 0.888. The van der Waals surface area contributed by atoms with Gasteiger partial charge >= 0.3 is 5.97 Å². The predicted octanol–water partition coefficient (Wildman–Crippen LogP) is 2.57. The van der Waals surface area contributed by atoms with Crippen molar-refractivity contribution in [1.82, 2.24) is 4.72 Å². The van der Waals surface area contributed by atoms with Crippen molar-refractivity contribution in [3.8, 4) is 0 Å². The zero-order valence-electron chi connectivity index (χ0n) is 11.7. The standard InChI is InChI=1S/C14H18ClNO4S/c1-9-11(15)6-4-8-13(9)21(19,20)16-12-7-3-2-5-10(12)14(17)18/h4,6,8,10,12,16H,2-3,5,7H2,1H3,(H,17,18). The molecule has 0 spiro atoms. The Morgan fingerprint density at radius 1 is 1.33 bits per heavy atom. The Bertz CT molecular complexity index is 644. The topological polar surface area (TPSA) is 83.5 Å². The minimum atomic E-state index is -3.78. The van der Waals surface area contributed by atoms with Crippen LogP contribution in [-0.4, -0.2) is 25.5 Å². The van der Waals surface area contributed by atoms with Crippen LogP contribution in [0.2, 0.25) is 5.02 Å². The highest BCUT2D eigenvalue weighted by molar-refractivity contribution is 7.89. The van der Waals surface area contributed by atoms with Crippen LogP contribution < -0.4 is 4.72 Å². The molecule has 2 unspecified atom stereocenters. The van der Waals surface area contributed by atoms with Gasteiger partial charge in [-0.25, -0.2) is 13.1 Å². The van der Waals surface area contributed by atoms with Gasteiger partial charge < -0.3 is 5.11 Å². The summed E-state index contributed by atoms with van der Waals surface area (Å²) >= 11 is 5.96. The maximum absolute atomic E-state index is 12.5. The number of carboxylic acids is 1.